The van der Waals surface area contributed by atoms with E-state index >= 15 is 0 Å². The van der Waals surface area contributed by atoms with Crippen molar-refractivity contribution in [1.82, 2.24) is 0 Å². The van der Waals surface area contributed by atoms with Crippen LogP contribution in [0.4, 0.5) is 5.69 Å². The molecule has 0 N–H and O–H groups in total. The summed E-state index contributed by atoms with van der Waals surface area (Å²) >= 11 is 0. The molecule has 0 radical (unpaired) electrons. The zero-order valence-corrected chi connectivity index (χ0v) is 10.7. The summed E-state index contributed by atoms with van der Waals surface area (Å²) < 4.78 is 4.94. The molecule has 0 aromatic heterocycles. The molecule has 3 rings (SSSR count). The Morgan fingerprint density at radius 3 is 3.10 bits per heavy atom. The molecule has 7 heteroatoms. The van der Waals surface area contributed by atoms with E-state index in [4.69, 9.17) is 10.3 Å². The summed E-state index contributed by atoms with van der Waals surface area (Å²) in [6.45, 7) is 1.11. The number of amides is 1. The van der Waals surface area contributed by atoms with E-state index in [0.717, 1.165) is 5.56 Å². The number of azide groups is 1. The number of rotatable bonds is 3. The molecule has 1 fully saturated rings. The number of ether oxygens (including phenoxy) is 1. The molecule has 0 spiro atoms. The zero-order chi connectivity index (χ0) is 14.1. The third-order valence-electron chi connectivity index (χ3n) is 3.59. The lowest BCUT2D eigenvalue weighted by atomic mass is 10.1. The Balaban J connectivity index is 1.83. The first kappa shape index (κ1) is 12.5. The van der Waals surface area contributed by atoms with Crippen molar-refractivity contribution in [1.29, 1.82) is 0 Å². The van der Waals surface area contributed by atoms with E-state index in [0.29, 0.717) is 37.4 Å². The molecule has 1 unspecified atom stereocenters. The number of hydrogen-bond donors (Lipinski definition) is 0. The van der Waals surface area contributed by atoms with E-state index in [1.54, 1.807) is 11.0 Å². The quantitative estimate of drug-likeness (QED) is 0.364. The molecule has 2 aliphatic rings. The fraction of sp³-hybridized carbons (Fsp3) is 0.385. The van der Waals surface area contributed by atoms with E-state index in [-0.39, 0.29) is 17.8 Å². The summed E-state index contributed by atoms with van der Waals surface area (Å²) in [6.07, 6.45) is 0.362. The van der Waals surface area contributed by atoms with Crippen molar-refractivity contribution in [2.75, 3.05) is 18.0 Å². The highest BCUT2D eigenvalue weighted by Gasteiger charge is 2.31. The number of hydrogen-bond acceptors (Lipinski definition) is 4. The second-order valence-electron chi connectivity index (χ2n) is 4.91. The van der Waals surface area contributed by atoms with Crippen LogP contribution in [0.3, 0.4) is 0 Å². The fourth-order valence-electron chi connectivity index (χ4n) is 2.57. The third-order valence-corrected chi connectivity index (χ3v) is 3.59. The minimum Gasteiger partial charge on any atom is -0.457 e. The van der Waals surface area contributed by atoms with Crippen molar-refractivity contribution in [3.8, 4) is 0 Å². The maximum Gasteiger partial charge on any atom is 0.338 e. The predicted molar refractivity (Wildman–Crippen MR) is 70.0 cm³/mol. The molecule has 102 valence electrons. The van der Waals surface area contributed by atoms with Crippen LogP contribution in [0.5, 0.6) is 0 Å². The second kappa shape index (κ2) is 4.86. The first-order valence-corrected chi connectivity index (χ1v) is 6.30. The molecule has 0 saturated carbocycles. The van der Waals surface area contributed by atoms with Gasteiger partial charge in [-0.3, -0.25) is 4.79 Å². The van der Waals surface area contributed by atoms with Crippen LogP contribution < -0.4 is 4.90 Å². The Morgan fingerprint density at radius 1 is 1.45 bits per heavy atom. The van der Waals surface area contributed by atoms with Crippen LogP contribution in [0.2, 0.25) is 0 Å². The molecule has 1 aromatic rings. The van der Waals surface area contributed by atoms with Crippen molar-refractivity contribution in [3.63, 3.8) is 0 Å². The molecule has 1 amide bonds. The molecule has 1 saturated heterocycles. The van der Waals surface area contributed by atoms with Gasteiger partial charge in [-0.1, -0.05) is 11.2 Å². The van der Waals surface area contributed by atoms with Gasteiger partial charge in [-0.15, -0.1) is 0 Å². The Bertz CT molecular complexity index is 637. The van der Waals surface area contributed by atoms with Crippen LogP contribution in [0.15, 0.2) is 23.3 Å². The minimum absolute atomic E-state index is 0.0190. The van der Waals surface area contributed by atoms with Gasteiger partial charge in [0.05, 0.1) is 5.56 Å². The number of esters is 1. The van der Waals surface area contributed by atoms with E-state index in [9.17, 15) is 9.59 Å². The number of anilines is 1. The van der Waals surface area contributed by atoms with Gasteiger partial charge >= 0.3 is 5.97 Å². The number of carbonyl (C=O) groups is 2. The van der Waals surface area contributed by atoms with Gasteiger partial charge in [0.25, 0.3) is 0 Å². The molecule has 1 atom stereocenters. The summed E-state index contributed by atoms with van der Waals surface area (Å²) in [5.74, 6) is -0.341. The van der Waals surface area contributed by atoms with E-state index in [2.05, 4.69) is 10.0 Å². The van der Waals surface area contributed by atoms with Gasteiger partial charge < -0.3 is 9.64 Å². The van der Waals surface area contributed by atoms with Gasteiger partial charge in [0.15, 0.2) is 0 Å². The molecule has 0 bridgehead atoms. The van der Waals surface area contributed by atoms with Gasteiger partial charge in [-0.2, -0.15) is 0 Å². The first-order chi connectivity index (χ1) is 9.69. The Morgan fingerprint density at radius 2 is 2.30 bits per heavy atom. The molecule has 20 heavy (non-hydrogen) atoms. The van der Waals surface area contributed by atoms with Crippen LogP contribution in [-0.2, 0) is 16.1 Å². The molecule has 2 aliphatic heterocycles. The second-order valence-corrected chi connectivity index (χ2v) is 4.91. The van der Waals surface area contributed by atoms with Crippen LogP contribution >= 0.6 is 0 Å². The maximum absolute atomic E-state index is 12.0. The highest BCUT2D eigenvalue weighted by atomic mass is 16.5. The molecular formula is C13H12N4O3. The van der Waals surface area contributed by atoms with Crippen LogP contribution in [0, 0.1) is 5.92 Å². The van der Waals surface area contributed by atoms with Crippen molar-refractivity contribution < 1.29 is 14.3 Å². The van der Waals surface area contributed by atoms with Crippen LogP contribution in [0.25, 0.3) is 10.4 Å². The number of nitrogens with zero attached hydrogens (tertiary/aromatic N) is 4. The third kappa shape index (κ3) is 2.08. The van der Waals surface area contributed by atoms with Crippen molar-refractivity contribution >= 4 is 17.6 Å². The molecule has 1 aromatic carbocycles. The normalized spacial score (nSPS) is 20.6. The average molecular weight is 272 g/mol. The van der Waals surface area contributed by atoms with Crippen molar-refractivity contribution in [2.45, 2.75) is 13.0 Å². The fourth-order valence-corrected chi connectivity index (χ4v) is 2.57. The number of cyclic esters (lactones) is 1. The van der Waals surface area contributed by atoms with E-state index in [1.165, 1.54) is 0 Å². The Hall–Kier alpha value is -2.53. The summed E-state index contributed by atoms with van der Waals surface area (Å²) in [6, 6.07) is 5.32. The number of fused-ring (bicyclic) bond motifs is 1. The highest BCUT2D eigenvalue weighted by Crippen LogP contribution is 2.29. The van der Waals surface area contributed by atoms with Gasteiger partial charge in [-0.25, -0.2) is 4.79 Å². The standard InChI is InChI=1S/C13H12N4O3/c14-16-15-5-8-3-12(18)17(6-8)10-2-1-9-7-20-13(19)11(9)4-10/h1-2,4,8H,3,5-7H2. The maximum atomic E-state index is 12.0. The molecular weight excluding hydrogens is 260 g/mol. The van der Waals surface area contributed by atoms with Crippen molar-refractivity contribution in [2.24, 2.45) is 11.0 Å². The monoisotopic (exact) mass is 272 g/mol. The zero-order valence-electron chi connectivity index (χ0n) is 10.7. The van der Waals surface area contributed by atoms with Gasteiger partial charge in [0.1, 0.15) is 6.61 Å². The molecule has 0 aliphatic carbocycles. The van der Waals surface area contributed by atoms with Gasteiger partial charge in [0.2, 0.25) is 5.91 Å². The lowest BCUT2D eigenvalue weighted by Gasteiger charge is -2.17. The molecule has 7 nitrogen and oxygen atoms in total. The Labute approximate surface area is 114 Å². The van der Waals surface area contributed by atoms with Crippen LogP contribution in [0.1, 0.15) is 22.3 Å². The summed E-state index contributed by atoms with van der Waals surface area (Å²) in [5.41, 5.74) is 10.4. The topological polar surface area (TPSA) is 95.4 Å². The molecule has 2 heterocycles. The first-order valence-electron chi connectivity index (χ1n) is 6.30. The predicted octanol–water partition coefficient (Wildman–Crippen LogP) is 2.02. The lowest BCUT2D eigenvalue weighted by Crippen LogP contribution is -2.25. The van der Waals surface area contributed by atoms with Crippen molar-refractivity contribution in [3.05, 3.63) is 39.8 Å². The average Bonchev–Trinajstić information content (AvgIpc) is 3.00. The SMILES string of the molecule is [N-]=[N+]=NCC1CC(=O)N(c2ccc3c(c2)C(=O)OC3)C1. The van der Waals surface area contributed by atoms with Gasteiger partial charge in [-0.05, 0) is 23.6 Å². The highest BCUT2D eigenvalue weighted by molar-refractivity contribution is 5.99. The summed E-state index contributed by atoms with van der Waals surface area (Å²) in [5, 5.41) is 3.51. The van der Waals surface area contributed by atoms with E-state index < -0.39 is 0 Å². The minimum atomic E-state index is -0.348. The lowest BCUT2D eigenvalue weighted by molar-refractivity contribution is -0.117. The summed E-state index contributed by atoms with van der Waals surface area (Å²) in [7, 11) is 0. The van der Waals surface area contributed by atoms with E-state index in [1.807, 2.05) is 12.1 Å². The van der Waals surface area contributed by atoms with Gasteiger partial charge in [0, 0.05) is 35.7 Å². The Kier molecular flexibility index (Phi) is 3.04. The summed E-state index contributed by atoms with van der Waals surface area (Å²) in [4.78, 5) is 27.9. The number of carbonyl (C=O) groups excluding carboxylic acids is 2. The smallest absolute Gasteiger partial charge is 0.338 e. The number of benzene rings is 1. The largest absolute Gasteiger partial charge is 0.457 e. The van der Waals surface area contributed by atoms with Crippen LogP contribution in [-0.4, -0.2) is 25.0 Å².